The second-order valence-electron chi connectivity index (χ2n) is 6.22. The second kappa shape index (κ2) is 7.83. The molecular formula is C20H21NO4. The van der Waals surface area contributed by atoms with Crippen molar-refractivity contribution in [3.05, 3.63) is 65.7 Å². The van der Waals surface area contributed by atoms with E-state index in [0.717, 1.165) is 19.3 Å². The van der Waals surface area contributed by atoms with Crippen LogP contribution in [-0.4, -0.2) is 29.1 Å². The fraction of sp³-hybridized carbons (Fsp3) is 0.300. The quantitative estimate of drug-likeness (QED) is 0.813. The van der Waals surface area contributed by atoms with Crippen molar-refractivity contribution >= 4 is 11.9 Å². The highest BCUT2D eigenvalue weighted by Crippen LogP contribution is 2.20. The van der Waals surface area contributed by atoms with Crippen LogP contribution < -0.4 is 10.1 Å². The zero-order chi connectivity index (χ0) is 17.6. The highest BCUT2D eigenvalue weighted by molar-refractivity contribution is 5.90. The lowest BCUT2D eigenvalue weighted by atomic mass is 10.0. The van der Waals surface area contributed by atoms with Gasteiger partial charge in [-0.25, -0.2) is 4.79 Å². The van der Waals surface area contributed by atoms with Crippen molar-refractivity contribution in [3.63, 3.8) is 0 Å². The largest absolute Gasteiger partial charge is 0.481 e. The first-order valence-electron chi connectivity index (χ1n) is 8.44. The first-order valence-corrected chi connectivity index (χ1v) is 8.44. The van der Waals surface area contributed by atoms with Crippen LogP contribution in [0.15, 0.2) is 54.6 Å². The maximum Gasteiger partial charge on any atom is 0.326 e. The van der Waals surface area contributed by atoms with Gasteiger partial charge < -0.3 is 15.2 Å². The number of aliphatic carboxylic acids is 1. The molecule has 5 nitrogen and oxygen atoms in total. The monoisotopic (exact) mass is 339 g/mol. The van der Waals surface area contributed by atoms with E-state index in [0.29, 0.717) is 5.75 Å². The molecule has 1 aliphatic rings. The molecule has 5 heteroatoms. The van der Waals surface area contributed by atoms with Crippen LogP contribution in [0.5, 0.6) is 5.75 Å². The number of amides is 1. The summed E-state index contributed by atoms with van der Waals surface area (Å²) in [6.45, 7) is 0. The van der Waals surface area contributed by atoms with E-state index in [1.807, 2.05) is 30.3 Å². The Balaban J connectivity index is 1.49. The molecule has 0 bridgehead atoms. The van der Waals surface area contributed by atoms with E-state index >= 15 is 0 Å². The SMILES string of the molecule is O=C(O)C1CC(Oc2ccc(CCCc3ccccc3)cc2)C(=O)N1. The van der Waals surface area contributed by atoms with Gasteiger partial charge in [-0.2, -0.15) is 0 Å². The van der Waals surface area contributed by atoms with Crippen molar-refractivity contribution in [2.24, 2.45) is 0 Å². The summed E-state index contributed by atoms with van der Waals surface area (Å²) in [5.74, 6) is -0.828. The molecule has 2 aromatic carbocycles. The van der Waals surface area contributed by atoms with Gasteiger partial charge in [0.05, 0.1) is 0 Å². The van der Waals surface area contributed by atoms with Gasteiger partial charge in [0.15, 0.2) is 6.10 Å². The number of hydrogen-bond donors (Lipinski definition) is 2. The predicted octanol–water partition coefficient (Wildman–Crippen LogP) is 2.58. The minimum atomic E-state index is -1.03. The van der Waals surface area contributed by atoms with E-state index in [1.54, 1.807) is 0 Å². The first-order chi connectivity index (χ1) is 12.1. The number of carboxylic acid groups (broad SMARTS) is 1. The average Bonchev–Trinajstić information content (AvgIpc) is 2.98. The zero-order valence-electron chi connectivity index (χ0n) is 13.9. The molecule has 1 saturated heterocycles. The van der Waals surface area contributed by atoms with Crippen molar-refractivity contribution in [2.75, 3.05) is 0 Å². The topological polar surface area (TPSA) is 75.6 Å². The molecule has 0 aliphatic carbocycles. The lowest BCUT2D eigenvalue weighted by Crippen LogP contribution is -2.33. The molecule has 1 amide bonds. The summed E-state index contributed by atoms with van der Waals surface area (Å²) in [4.78, 5) is 22.7. The number of carboxylic acids is 1. The smallest absolute Gasteiger partial charge is 0.326 e. The molecule has 0 aromatic heterocycles. The molecule has 3 rings (SSSR count). The minimum absolute atomic E-state index is 0.146. The van der Waals surface area contributed by atoms with E-state index in [4.69, 9.17) is 9.84 Å². The molecule has 1 fully saturated rings. The number of nitrogens with one attached hydrogen (secondary N) is 1. The van der Waals surface area contributed by atoms with Crippen LogP contribution in [0, 0.1) is 0 Å². The molecule has 2 N–H and O–H groups in total. The molecule has 25 heavy (non-hydrogen) atoms. The number of rotatable bonds is 7. The number of ether oxygens (including phenoxy) is 1. The normalized spacial score (nSPS) is 19.4. The molecule has 0 radical (unpaired) electrons. The van der Waals surface area contributed by atoms with Crippen LogP contribution in [0.1, 0.15) is 24.0 Å². The predicted molar refractivity (Wildman–Crippen MR) is 93.5 cm³/mol. The zero-order valence-corrected chi connectivity index (χ0v) is 13.9. The van der Waals surface area contributed by atoms with Crippen LogP contribution in [0.2, 0.25) is 0 Å². The molecule has 130 valence electrons. The van der Waals surface area contributed by atoms with E-state index in [9.17, 15) is 9.59 Å². The second-order valence-corrected chi connectivity index (χ2v) is 6.22. The summed E-state index contributed by atoms with van der Waals surface area (Å²) < 4.78 is 5.62. The number of benzene rings is 2. The molecule has 2 atom stereocenters. The van der Waals surface area contributed by atoms with Gasteiger partial charge in [0.25, 0.3) is 5.91 Å². The van der Waals surface area contributed by atoms with Crippen molar-refractivity contribution in [2.45, 2.75) is 37.8 Å². The van der Waals surface area contributed by atoms with Crippen molar-refractivity contribution in [1.82, 2.24) is 5.32 Å². The van der Waals surface area contributed by atoms with Gasteiger partial charge >= 0.3 is 5.97 Å². The summed E-state index contributed by atoms with van der Waals surface area (Å²) in [7, 11) is 0. The molecule has 0 saturated carbocycles. The van der Waals surface area contributed by atoms with Gasteiger partial charge in [0.2, 0.25) is 0 Å². The van der Waals surface area contributed by atoms with Crippen LogP contribution >= 0.6 is 0 Å². The third-order valence-corrected chi connectivity index (χ3v) is 4.33. The molecule has 2 unspecified atom stereocenters. The Labute approximate surface area is 146 Å². The fourth-order valence-corrected chi connectivity index (χ4v) is 2.95. The van der Waals surface area contributed by atoms with Gasteiger partial charge in [-0.1, -0.05) is 42.5 Å². The van der Waals surface area contributed by atoms with E-state index < -0.39 is 18.1 Å². The Kier molecular flexibility index (Phi) is 5.33. The number of aryl methyl sites for hydroxylation is 2. The van der Waals surface area contributed by atoms with E-state index in [1.165, 1.54) is 11.1 Å². The fourth-order valence-electron chi connectivity index (χ4n) is 2.95. The summed E-state index contributed by atoms with van der Waals surface area (Å²) >= 11 is 0. The summed E-state index contributed by atoms with van der Waals surface area (Å²) in [6.07, 6.45) is 2.48. The maximum atomic E-state index is 11.7. The van der Waals surface area contributed by atoms with E-state index in [-0.39, 0.29) is 12.3 Å². The minimum Gasteiger partial charge on any atom is -0.481 e. The number of carbonyl (C=O) groups excluding carboxylic acids is 1. The average molecular weight is 339 g/mol. The summed E-state index contributed by atoms with van der Waals surface area (Å²) in [5, 5.41) is 11.4. The van der Waals surface area contributed by atoms with Crippen LogP contribution in [-0.2, 0) is 22.4 Å². The Morgan fingerprint density at radius 2 is 1.68 bits per heavy atom. The molecule has 2 aromatic rings. The van der Waals surface area contributed by atoms with Gasteiger partial charge in [-0.05, 0) is 42.5 Å². The van der Waals surface area contributed by atoms with Gasteiger partial charge in [-0.15, -0.1) is 0 Å². The number of carbonyl (C=O) groups is 2. The standard InChI is InChI=1S/C20H21NO4/c22-19-18(13-17(21-19)20(23)24)25-16-11-9-15(10-12-16)8-4-7-14-5-2-1-3-6-14/h1-3,5-6,9-12,17-18H,4,7-8,13H2,(H,21,22)(H,23,24). The Morgan fingerprint density at radius 3 is 2.28 bits per heavy atom. The molecule has 1 heterocycles. The van der Waals surface area contributed by atoms with Crippen molar-refractivity contribution in [1.29, 1.82) is 0 Å². The van der Waals surface area contributed by atoms with Crippen LogP contribution in [0.4, 0.5) is 0 Å². The van der Waals surface area contributed by atoms with Crippen LogP contribution in [0.25, 0.3) is 0 Å². The lowest BCUT2D eigenvalue weighted by molar-refractivity contribution is -0.140. The summed E-state index contributed by atoms with van der Waals surface area (Å²) in [5.41, 5.74) is 2.55. The van der Waals surface area contributed by atoms with Gasteiger partial charge in [0, 0.05) is 6.42 Å². The Hall–Kier alpha value is -2.82. The highest BCUT2D eigenvalue weighted by Gasteiger charge is 2.37. The summed E-state index contributed by atoms with van der Waals surface area (Å²) in [6, 6.07) is 17.2. The third-order valence-electron chi connectivity index (χ3n) is 4.33. The van der Waals surface area contributed by atoms with Crippen molar-refractivity contribution < 1.29 is 19.4 Å². The molecule has 1 aliphatic heterocycles. The van der Waals surface area contributed by atoms with Gasteiger partial charge in [-0.3, -0.25) is 4.79 Å². The third kappa shape index (κ3) is 4.59. The van der Waals surface area contributed by atoms with Crippen molar-refractivity contribution in [3.8, 4) is 5.75 Å². The number of hydrogen-bond acceptors (Lipinski definition) is 3. The van der Waals surface area contributed by atoms with Gasteiger partial charge in [0.1, 0.15) is 11.8 Å². The lowest BCUT2D eigenvalue weighted by Gasteiger charge is -2.11. The van der Waals surface area contributed by atoms with E-state index in [2.05, 4.69) is 29.6 Å². The highest BCUT2D eigenvalue weighted by atomic mass is 16.5. The maximum absolute atomic E-state index is 11.7. The first kappa shape index (κ1) is 17.0. The Morgan fingerprint density at radius 1 is 1.04 bits per heavy atom. The molecule has 0 spiro atoms. The van der Waals surface area contributed by atoms with Crippen LogP contribution in [0.3, 0.4) is 0 Å². The Bertz CT molecular complexity index is 727. The molecular weight excluding hydrogens is 318 g/mol.